The Bertz CT molecular complexity index is 555. The summed E-state index contributed by atoms with van der Waals surface area (Å²) < 4.78 is 18.6. The van der Waals surface area contributed by atoms with Crippen molar-refractivity contribution in [3.05, 3.63) is 35.6 Å². The van der Waals surface area contributed by atoms with Crippen molar-refractivity contribution >= 4 is 5.91 Å². The van der Waals surface area contributed by atoms with Crippen molar-refractivity contribution in [2.24, 2.45) is 0 Å². The molecule has 0 saturated carbocycles. The van der Waals surface area contributed by atoms with Crippen LogP contribution in [0.15, 0.2) is 24.3 Å². The maximum atomic E-state index is 13.2. The van der Waals surface area contributed by atoms with E-state index < -0.39 is 0 Å². The minimum atomic E-state index is -0.301. The number of carbonyl (C=O) groups is 1. The number of methoxy groups -OCH3 is 1. The molecule has 2 aliphatic rings. The maximum absolute atomic E-state index is 13.2. The van der Waals surface area contributed by atoms with E-state index in [1.807, 2.05) is 4.90 Å². The van der Waals surface area contributed by atoms with Gasteiger partial charge in [0, 0.05) is 44.9 Å². The van der Waals surface area contributed by atoms with E-state index in [2.05, 4.69) is 4.90 Å². The van der Waals surface area contributed by atoms with Gasteiger partial charge in [0.05, 0.1) is 6.10 Å². The van der Waals surface area contributed by atoms with Gasteiger partial charge in [-0.3, -0.25) is 4.79 Å². The molecule has 0 bridgehead atoms. The predicted octanol–water partition coefficient (Wildman–Crippen LogP) is 3.32. The molecule has 3 rings (SSSR count). The summed E-state index contributed by atoms with van der Waals surface area (Å²) in [6.07, 6.45) is 6.96. The van der Waals surface area contributed by atoms with Crippen molar-refractivity contribution < 1.29 is 13.9 Å². The van der Waals surface area contributed by atoms with E-state index in [0.29, 0.717) is 11.7 Å². The molecule has 2 saturated heterocycles. The van der Waals surface area contributed by atoms with E-state index in [4.69, 9.17) is 4.74 Å². The highest BCUT2D eigenvalue weighted by Crippen LogP contribution is 2.22. The molecule has 1 aromatic rings. The lowest BCUT2D eigenvalue weighted by atomic mass is 10.0. The third-order valence-electron chi connectivity index (χ3n) is 5.57. The van der Waals surface area contributed by atoms with Crippen LogP contribution in [-0.4, -0.2) is 61.1 Å². The van der Waals surface area contributed by atoms with E-state index >= 15 is 0 Å². The first-order valence-corrected chi connectivity index (χ1v) is 9.49. The number of nitrogens with zero attached hydrogens (tertiary/aromatic N) is 2. The summed E-state index contributed by atoms with van der Waals surface area (Å²) in [5.41, 5.74) is 0.589. The lowest BCUT2D eigenvalue weighted by Crippen LogP contribution is -2.49. The Morgan fingerprint density at radius 1 is 1.08 bits per heavy atom. The summed E-state index contributed by atoms with van der Waals surface area (Å²) in [7, 11) is 1.79. The number of amides is 1. The third kappa shape index (κ3) is 4.79. The smallest absolute Gasteiger partial charge is 0.254 e. The van der Waals surface area contributed by atoms with E-state index in [1.165, 1.54) is 25.0 Å². The Morgan fingerprint density at radius 2 is 1.80 bits per heavy atom. The summed E-state index contributed by atoms with van der Waals surface area (Å²) in [6.45, 7) is 3.81. The molecule has 138 valence electrons. The Labute approximate surface area is 149 Å². The minimum Gasteiger partial charge on any atom is -0.381 e. The zero-order valence-electron chi connectivity index (χ0n) is 15.1. The van der Waals surface area contributed by atoms with Crippen molar-refractivity contribution in [3.63, 3.8) is 0 Å². The van der Waals surface area contributed by atoms with Gasteiger partial charge in [0.2, 0.25) is 0 Å². The topological polar surface area (TPSA) is 32.8 Å². The number of hydrogen-bond acceptors (Lipinski definition) is 3. The van der Waals surface area contributed by atoms with Gasteiger partial charge in [0.1, 0.15) is 5.82 Å². The molecule has 2 fully saturated rings. The molecular weight excluding hydrogens is 319 g/mol. The van der Waals surface area contributed by atoms with Crippen molar-refractivity contribution in [3.8, 4) is 0 Å². The average Bonchev–Trinajstić information content (AvgIpc) is 2.88. The molecule has 1 aromatic carbocycles. The molecule has 0 aromatic heterocycles. The fourth-order valence-corrected chi connectivity index (χ4v) is 4.02. The SMILES string of the molecule is COC1CCN(C[C@H]2CCCCCN2C(=O)c2ccc(F)cc2)CC1. The molecule has 2 aliphatic heterocycles. The summed E-state index contributed by atoms with van der Waals surface area (Å²) in [5.74, 6) is -0.261. The van der Waals surface area contributed by atoms with Crippen LogP contribution < -0.4 is 0 Å². The van der Waals surface area contributed by atoms with Crippen LogP contribution in [0.5, 0.6) is 0 Å². The Balaban J connectivity index is 1.67. The maximum Gasteiger partial charge on any atom is 0.254 e. The zero-order chi connectivity index (χ0) is 17.6. The molecule has 1 amide bonds. The first-order valence-electron chi connectivity index (χ1n) is 9.49. The van der Waals surface area contributed by atoms with Gasteiger partial charge >= 0.3 is 0 Å². The number of carbonyl (C=O) groups excluding carboxylic acids is 1. The van der Waals surface area contributed by atoms with E-state index in [0.717, 1.165) is 51.9 Å². The summed E-state index contributed by atoms with van der Waals surface area (Å²) in [6, 6.07) is 6.19. The molecule has 0 N–H and O–H groups in total. The second-order valence-electron chi connectivity index (χ2n) is 7.24. The molecule has 25 heavy (non-hydrogen) atoms. The van der Waals surface area contributed by atoms with Crippen molar-refractivity contribution in [2.75, 3.05) is 33.3 Å². The third-order valence-corrected chi connectivity index (χ3v) is 5.57. The Morgan fingerprint density at radius 3 is 2.48 bits per heavy atom. The van der Waals surface area contributed by atoms with Gasteiger partial charge in [-0.2, -0.15) is 0 Å². The minimum absolute atomic E-state index is 0.0404. The molecule has 0 aliphatic carbocycles. The quantitative estimate of drug-likeness (QED) is 0.837. The highest BCUT2D eigenvalue weighted by Gasteiger charge is 2.29. The number of benzene rings is 1. The molecule has 0 spiro atoms. The molecular formula is C20H29FN2O2. The molecule has 2 heterocycles. The van der Waals surface area contributed by atoms with Gasteiger partial charge in [0.25, 0.3) is 5.91 Å². The van der Waals surface area contributed by atoms with Crippen molar-refractivity contribution in [1.82, 2.24) is 9.80 Å². The van der Waals surface area contributed by atoms with Crippen LogP contribution >= 0.6 is 0 Å². The van der Waals surface area contributed by atoms with Gasteiger partial charge in [-0.15, -0.1) is 0 Å². The number of halogens is 1. The van der Waals surface area contributed by atoms with Crippen LogP contribution in [-0.2, 0) is 4.74 Å². The molecule has 4 nitrogen and oxygen atoms in total. The standard InChI is InChI=1S/C20H29FN2O2/c1-25-19-10-13-22(14-11-19)15-18-5-3-2-4-12-23(18)20(24)16-6-8-17(21)9-7-16/h6-9,18-19H,2-5,10-15H2,1H3/t18-/m1/s1. The summed E-state index contributed by atoms with van der Waals surface area (Å²) in [5, 5.41) is 0. The summed E-state index contributed by atoms with van der Waals surface area (Å²) >= 11 is 0. The second-order valence-corrected chi connectivity index (χ2v) is 7.24. The van der Waals surface area contributed by atoms with Crippen LogP contribution in [0.25, 0.3) is 0 Å². The van der Waals surface area contributed by atoms with Crippen molar-refractivity contribution in [1.29, 1.82) is 0 Å². The van der Waals surface area contributed by atoms with Gasteiger partial charge in [-0.25, -0.2) is 4.39 Å². The second kappa shape index (κ2) is 8.77. The zero-order valence-corrected chi connectivity index (χ0v) is 15.1. The van der Waals surface area contributed by atoms with E-state index in [9.17, 15) is 9.18 Å². The number of hydrogen-bond donors (Lipinski definition) is 0. The normalized spacial score (nSPS) is 23.4. The van der Waals surface area contributed by atoms with Gasteiger partial charge in [0.15, 0.2) is 0 Å². The number of rotatable bonds is 4. The number of ether oxygens (including phenoxy) is 1. The highest BCUT2D eigenvalue weighted by molar-refractivity contribution is 5.94. The van der Waals surface area contributed by atoms with Gasteiger partial charge < -0.3 is 14.5 Å². The highest BCUT2D eigenvalue weighted by atomic mass is 19.1. The molecule has 0 radical (unpaired) electrons. The fourth-order valence-electron chi connectivity index (χ4n) is 4.02. The fraction of sp³-hybridized carbons (Fsp3) is 0.650. The molecule has 1 atom stereocenters. The van der Waals surface area contributed by atoms with Crippen LogP contribution in [0.3, 0.4) is 0 Å². The predicted molar refractivity (Wildman–Crippen MR) is 96.2 cm³/mol. The lowest BCUT2D eigenvalue weighted by Gasteiger charge is -2.37. The number of likely N-dealkylation sites (tertiary alicyclic amines) is 2. The Kier molecular flexibility index (Phi) is 6.43. The van der Waals surface area contributed by atoms with Gasteiger partial charge in [-0.1, -0.05) is 12.8 Å². The number of piperidine rings is 1. The van der Waals surface area contributed by atoms with Crippen LogP contribution in [0.2, 0.25) is 0 Å². The average molecular weight is 348 g/mol. The lowest BCUT2D eigenvalue weighted by molar-refractivity contribution is 0.0291. The first kappa shape index (κ1) is 18.3. The van der Waals surface area contributed by atoms with Gasteiger partial charge in [-0.05, 0) is 49.9 Å². The summed E-state index contributed by atoms with van der Waals surface area (Å²) in [4.78, 5) is 17.5. The van der Waals surface area contributed by atoms with Crippen LogP contribution in [0.4, 0.5) is 4.39 Å². The van der Waals surface area contributed by atoms with E-state index in [-0.39, 0.29) is 17.8 Å². The monoisotopic (exact) mass is 348 g/mol. The molecule has 0 unspecified atom stereocenters. The largest absolute Gasteiger partial charge is 0.381 e. The van der Waals surface area contributed by atoms with Crippen molar-refractivity contribution in [2.45, 2.75) is 50.7 Å². The first-order chi connectivity index (χ1) is 12.2. The van der Waals surface area contributed by atoms with E-state index in [1.54, 1.807) is 19.2 Å². The van der Waals surface area contributed by atoms with Crippen LogP contribution in [0.1, 0.15) is 48.9 Å². The molecule has 5 heteroatoms. The van der Waals surface area contributed by atoms with Crippen LogP contribution in [0, 0.1) is 5.82 Å². The Hall–Kier alpha value is -1.46.